The summed E-state index contributed by atoms with van der Waals surface area (Å²) in [5.74, 6) is 1.59. The van der Waals surface area contributed by atoms with Gasteiger partial charge in [-0.05, 0) is 41.9 Å². The van der Waals surface area contributed by atoms with Gasteiger partial charge in [0.2, 0.25) is 0 Å². The van der Waals surface area contributed by atoms with E-state index in [1.807, 2.05) is 18.4 Å². The van der Waals surface area contributed by atoms with Gasteiger partial charge in [0.05, 0.1) is 6.26 Å². The summed E-state index contributed by atoms with van der Waals surface area (Å²) in [6.45, 7) is 6.92. The smallest absolute Gasteiger partial charge is 0.123 e. The summed E-state index contributed by atoms with van der Waals surface area (Å²) in [7, 11) is 0. The van der Waals surface area contributed by atoms with E-state index in [-0.39, 0.29) is 5.82 Å². The van der Waals surface area contributed by atoms with Crippen LogP contribution in [0.5, 0.6) is 0 Å². The molecule has 0 spiro atoms. The van der Waals surface area contributed by atoms with E-state index in [0.717, 1.165) is 29.7 Å². The second-order valence-electron chi connectivity index (χ2n) is 6.86. The van der Waals surface area contributed by atoms with Crippen LogP contribution in [0.1, 0.15) is 38.5 Å². The fourth-order valence-corrected chi connectivity index (χ4v) is 3.12. The van der Waals surface area contributed by atoms with Crippen LogP contribution >= 0.6 is 0 Å². The SMILES string of the molecule is CC(C)(C)C1CCc2occ(-c3ccc(F)cc3)c2C1. The highest BCUT2D eigenvalue weighted by molar-refractivity contribution is 5.67. The van der Waals surface area contributed by atoms with Gasteiger partial charge in [-0.2, -0.15) is 0 Å². The van der Waals surface area contributed by atoms with Gasteiger partial charge >= 0.3 is 0 Å². The third-order valence-electron chi connectivity index (χ3n) is 4.53. The van der Waals surface area contributed by atoms with Gasteiger partial charge in [0, 0.05) is 17.5 Å². The first kappa shape index (κ1) is 13.4. The van der Waals surface area contributed by atoms with Crippen LogP contribution in [0.15, 0.2) is 34.9 Å². The summed E-state index contributed by atoms with van der Waals surface area (Å²) in [5, 5.41) is 0. The lowest BCUT2D eigenvalue weighted by molar-refractivity contribution is 0.209. The Morgan fingerprint density at radius 2 is 1.85 bits per heavy atom. The highest BCUT2D eigenvalue weighted by Gasteiger charge is 2.31. The van der Waals surface area contributed by atoms with E-state index < -0.39 is 0 Å². The molecule has 0 amide bonds. The molecule has 0 radical (unpaired) electrons. The number of furan rings is 1. The number of rotatable bonds is 1. The van der Waals surface area contributed by atoms with E-state index in [1.54, 1.807) is 0 Å². The van der Waals surface area contributed by atoms with Crippen molar-refractivity contribution in [2.45, 2.75) is 40.0 Å². The minimum absolute atomic E-state index is 0.196. The monoisotopic (exact) mass is 272 g/mol. The highest BCUT2D eigenvalue weighted by atomic mass is 19.1. The molecular weight excluding hydrogens is 251 g/mol. The molecule has 1 aromatic carbocycles. The Bertz CT molecular complexity index is 601. The molecule has 0 saturated carbocycles. The Labute approximate surface area is 119 Å². The Morgan fingerprint density at radius 1 is 1.15 bits per heavy atom. The van der Waals surface area contributed by atoms with Crippen molar-refractivity contribution in [3.63, 3.8) is 0 Å². The normalized spacial score (nSPS) is 18.9. The molecule has 0 fully saturated rings. The fourth-order valence-electron chi connectivity index (χ4n) is 3.12. The lowest BCUT2D eigenvalue weighted by Crippen LogP contribution is -2.26. The molecule has 1 aliphatic carbocycles. The fraction of sp³-hybridized carbons (Fsp3) is 0.444. The molecule has 0 saturated heterocycles. The van der Waals surface area contributed by atoms with Gasteiger partial charge in [-0.3, -0.25) is 0 Å². The number of hydrogen-bond acceptors (Lipinski definition) is 1. The molecule has 1 heterocycles. The summed E-state index contributed by atoms with van der Waals surface area (Å²) in [6.07, 6.45) is 5.09. The first-order valence-electron chi connectivity index (χ1n) is 7.30. The predicted molar refractivity (Wildman–Crippen MR) is 79.1 cm³/mol. The largest absolute Gasteiger partial charge is 0.468 e. The zero-order chi connectivity index (χ0) is 14.3. The summed E-state index contributed by atoms with van der Waals surface area (Å²) < 4.78 is 18.8. The molecule has 1 aliphatic rings. The molecule has 1 aromatic heterocycles. The highest BCUT2D eigenvalue weighted by Crippen LogP contribution is 2.41. The maximum absolute atomic E-state index is 13.1. The van der Waals surface area contributed by atoms with Crippen LogP contribution in [-0.4, -0.2) is 0 Å². The van der Waals surface area contributed by atoms with Gasteiger partial charge in [-0.1, -0.05) is 32.9 Å². The Morgan fingerprint density at radius 3 is 2.50 bits per heavy atom. The minimum Gasteiger partial charge on any atom is -0.468 e. The van der Waals surface area contributed by atoms with Crippen molar-refractivity contribution in [3.8, 4) is 11.1 Å². The molecule has 1 nitrogen and oxygen atoms in total. The standard InChI is InChI=1S/C18H21FO/c1-18(2,3)13-6-9-17-15(10-13)16(11-20-17)12-4-7-14(19)8-5-12/h4-5,7-8,11,13H,6,9-10H2,1-3H3. The van der Waals surface area contributed by atoms with Crippen molar-refractivity contribution < 1.29 is 8.81 Å². The molecule has 0 bridgehead atoms. The molecule has 20 heavy (non-hydrogen) atoms. The van der Waals surface area contributed by atoms with Crippen LogP contribution in [0.2, 0.25) is 0 Å². The van der Waals surface area contributed by atoms with Crippen molar-refractivity contribution in [2.24, 2.45) is 11.3 Å². The number of aryl methyl sites for hydroxylation is 1. The van der Waals surface area contributed by atoms with Crippen LogP contribution < -0.4 is 0 Å². The van der Waals surface area contributed by atoms with Crippen molar-refractivity contribution in [1.29, 1.82) is 0 Å². The van der Waals surface area contributed by atoms with E-state index in [0.29, 0.717) is 11.3 Å². The van der Waals surface area contributed by atoms with E-state index in [2.05, 4.69) is 20.8 Å². The van der Waals surface area contributed by atoms with Crippen molar-refractivity contribution in [2.75, 3.05) is 0 Å². The summed E-state index contributed by atoms with van der Waals surface area (Å²) in [4.78, 5) is 0. The number of halogens is 1. The molecule has 0 aliphatic heterocycles. The number of fused-ring (bicyclic) bond motifs is 1. The van der Waals surface area contributed by atoms with Crippen LogP contribution in [0.25, 0.3) is 11.1 Å². The molecule has 0 N–H and O–H groups in total. The van der Waals surface area contributed by atoms with E-state index in [4.69, 9.17) is 4.42 Å². The minimum atomic E-state index is -0.196. The van der Waals surface area contributed by atoms with Gasteiger partial charge in [-0.15, -0.1) is 0 Å². The van der Waals surface area contributed by atoms with Crippen LogP contribution in [0.3, 0.4) is 0 Å². The lowest BCUT2D eigenvalue weighted by Gasteiger charge is -2.33. The molecular formula is C18H21FO. The molecule has 106 valence electrons. The third-order valence-corrected chi connectivity index (χ3v) is 4.53. The second kappa shape index (κ2) is 4.76. The van der Waals surface area contributed by atoms with Gasteiger partial charge in [0.25, 0.3) is 0 Å². The molecule has 3 rings (SSSR count). The van der Waals surface area contributed by atoms with E-state index in [1.165, 1.54) is 24.1 Å². The molecule has 2 heteroatoms. The average Bonchev–Trinajstić information content (AvgIpc) is 2.81. The first-order valence-corrected chi connectivity index (χ1v) is 7.30. The van der Waals surface area contributed by atoms with Crippen molar-refractivity contribution in [1.82, 2.24) is 0 Å². The van der Waals surface area contributed by atoms with Gasteiger partial charge in [0.1, 0.15) is 11.6 Å². The predicted octanol–water partition coefficient (Wildman–Crippen LogP) is 5.24. The average molecular weight is 272 g/mol. The van der Waals surface area contributed by atoms with Crippen molar-refractivity contribution >= 4 is 0 Å². The number of benzene rings is 1. The zero-order valence-electron chi connectivity index (χ0n) is 12.4. The first-order chi connectivity index (χ1) is 9.45. The Balaban J connectivity index is 1.97. The van der Waals surface area contributed by atoms with E-state index in [9.17, 15) is 4.39 Å². The summed E-state index contributed by atoms with van der Waals surface area (Å²) >= 11 is 0. The lowest BCUT2D eigenvalue weighted by atomic mass is 9.71. The number of hydrogen-bond donors (Lipinski definition) is 0. The van der Waals surface area contributed by atoms with Crippen LogP contribution in [0, 0.1) is 17.2 Å². The Kier molecular flexibility index (Phi) is 3.19. The summed E-state index contributed by atoms with van der Waals surface area (Å²) in [6, 6.07) is 6.69. The zero-order valence-corrected chi connectivity index (χ0v) is 12.4. The summed E-state index contributed by atoms with van der Waals surface area (Å²) in [5.41, 5.74) is 3.82. The second-order valence-corrected chi connectivity index (χ2v) is 6.86. The maximum atomic E-state index is 13.1. The van der Waals surface area contributed by atoms with Crippen LogP contribution in [0.4, 0.5) is 4.39 Å². The Hall–Kier alpha value is -1.57. The quantitative estimate of drug-likeness (QED) is 0.692. The van der Waals surface area contributed by atoms with Gasteiger partial charge < -0.3 is 4.42 Å². The van der Waals surface area contributed by atoms with Gasteiger partial charge in [-0.25, -0.2) is 4.39 Å². The topological polar surface area (TPSA) is 13.1 Å². The maximum Gasteiger partial charge on any atom is 0.123 e. The van der Waals surface area contributed by atoms with Crippen LogP contribution in [-0.2, 0) is 12.8 Å². The molecule has 1 atom stereocenters. The molecule has 1 unspecified atom stereocenters. The van der Waals surface area contributed by atoms with Crippen molar-refractivity contribution in [3.05, 3.63) is 47.7 Å². The third kappa shape index (κ3) is 2.39. The van der Waals surface area contributed by atoms with Gasteiger partial charge in [0.15, 0.2) is 0 Å². The van der Waals surface area contributed by atoms with E-state index >= 15 is 0 Å². The molecule has 2 aromatic rings.